The molecule has 0 unspecified atom stereocenters. The fourth-order valence-corrected chi connectivity index (χ4v) is 19.0. The summed E-state index contributed by atoms with van der Waals surface area (Å²) < 4.78 is 22.4. The minimum Gasteiger partial charge on any atom is -0.461 e. The van der Waals surface area contributed by atoms with Gasteiger partial charge in [-0.1, -0.05) is 131 Å². The Morgan fingerprint density at radius 3 is 1.31 bits per heavy atom. The number of fused-ring (bicyclic) bond motifs is 10. The number of hydrogen-bond donors (Lipinski definition) is 2. The zero-order valence-corrected chi connectivity index (χ0v) is 50.6. The van der Waals surface area contributed by atoms with Gasteiger partial charge in [0, 0.05) is 12.8 Å². The van der Waals surface area contributed by atoms with E-state index in [-0.39, 0.29) is 36.3 Å². The van der Waals surface area contributed by atoms with Gasteiger partial charge in [0.15, 0.2) is 13.2 Å². The maximum Gasteiger partial charge on any atom is 0.408 e. The lowest BCUT2D eigenvalue weighted by Crippen LogP contribution is -2.51. The Hall–Kier alpha value is -3.92. The van der Waals surface area contributed by atoms with Gasteiger partial charge in [-0.05, 0) is 220 Å². The predicted octanol–water partition coefficient (Wildman–Crippen LogP) is 15.1. The zero-order valence-electron chi connectivity index (χ0n) is 50.6. The first-order chi connectivity index (χ1) is 37.1. The molecular weight excluding hydrogens is 973 g/mol. The lowest BCUT2D eigenvalue weighted by atomic mass is 9.47. The van der Waals surface area contributed by atoms with Crippen molar-refractivity contribution >= 4 is 24.1 Å². The molecule has 10 nitrogen and oxygen atoms in total. The van der Waals surface area contributed by atoms with Crippen LogP contribution in [-0.2, 0) is 28.5 Å². The summed E-state index contributed by atoms with van der Waals surface area (Å²) in [6, 6.07) is -1.76. The van der Waals surface area contributed by atoms with E-state index in [0.717, 1.165) is 111 Å². The van der Waals surface area contributed by atoms with Crippen molar-refractivity contribution in [3.63, 3.8) is 0 Å². The van der Waals surface area contributed by atoms with Gasteiger partial charge in [0.25, 0.3) is 0 Å². The molecule has 0 aromatic rings. The molecule has 0 spiro atoms. The molecule has 0 aliphatic heterocycles. The predicted molar refractivity (Wildman–Crippen MR) is 309 cm³/mol. The summed E-state index contributed by atoms with van der Waals surface area (Å²) in [6.45, 7) is 27.5. The van der Waals surface area contributed by atoms with Crippen molar-refractivity contribution in [2.75, 3.05) is 13.2 Å². The zero-order chi connectivity index (χ0) is 56.2. The fourth-order valence-electron chi connectivity index (χ4n) is 19.0. The maximum absolute atomic E-state index is 13.2. The second-order valence-electron chi connectivity index (χ2n) is 28.7. The molecule has 0 aromatic heterocycles. The van der Waals surface area contributed by atoms with Gasteiger partial charge in [0.05, 0.1) is 0 Å². The molecule has 6 saturated carbocycles. The number of carbonyl (C=O) groups is 4. The van der Waals surface area contributed by atoms with Crippen molar-refractivity contribution in [1.82, 2.24) is 10.6 Å². The summed E-state index contributed by atoms with van der Waals surface area (Å²) in [5, 5.41) is 5.15. The number of rotatable bonds is 18. The molecule has 18 atom stereocenters. The molecule has 434 valence electrons. The van der Waals surface area contributed by atoms with Crippen LogP contribution in [0.3, 0.4) is 0 Å². The Labute approximate surface area is 472 Å². The Bertz CT molecular complexity index is 2170. The summed E-state index contributed by atoms with van der Waals surface area (Å²) in [6.07, 6.45) is 29.5. The van der Waals surface area contributed by atoms with E-state index in [1.165, 1.54) is 101 Å². The molecule has 0 bridgehead atoms. The van der Waals surface area contributed by atoms with Gasteiger partial charge in [-0.2, -0.15) is 0 Å². The van der Waals surface area contributed by atoms with E-state index in [4.69, 9.17) is 18.9 Å². The molecule has 78 heavy (non-hydrogen) atoms. The van der Waals surface area contributed by atoms with E-state index in [1.54, 1.807) is 13.8 Å². The van der Waals surface area contributed by atoms with Crippen LogP contribution < -0.4 is 10.6 Å². The van der Waals surface area contributed by atoms with Gasteiger partial charge in [0.1, 0.15) is 24.3 Å². The summed E-state index contributed by atoms with van der Waals surface area (Å²) >= 11 is 0. The smallest absolute Gasteiger partial charge is 0.408 e. The number of allylic oxidation sites excluding steroid dienone is 2. The third kappa shape index (κ3) is 13.0. The van der Waals surface area contributed by atoms with E-state index < -0.39 is 36.2 Å². The largest absolute Gasteiger partial charge is 0.461 e. The van der Waals surface area contributed by atoms with E-state index in [1.807, 2.05) is 0 Å². The Morgan fingerprint density at radius 2 is 0.923 bits per heavy atom. The Morgan fingerprint density at radius 1 is 0.526 bits per heavy atom. The number of nitrogens with one attached hydrogen (secondary N) is 2. The van der Waals surface area contributed by atoms with Gasteiger partial charge >= 0.3 is 24.1 Å². The van der Waals surface area contributed by atoms with E-state index in [9.17, 15) is 19.2 Å². The molecule has 0 radical (unpaired) electrons. The normalized spacial score (nSPS) is 36.9. The molecular formula is C68H104N2O8. The number of ether oxygens (including phenoxy) is 4. The maximum atomic E-state index is 13.2. The highest BCUT2D eigenvalue weighted by atomic mass is 16.6. The molecule has 2 N–H and O–H groups in total. The molecule has 0 heterocycles. The van der Waals surface area contributed by atoms with Crippen molar-refractivity contribution in [3.8, 4) is 23.7 Å². The number of carbonyl (C=O) groups excluding carboxylic acids is 4. The molecule has 10 heteroatoms. The molecule has 2 amide bonds. The van der Waals surface area contributed by atoms with Crippen LogP contribution in [0.2, 0.25) is 0 Å². The van der Waals surface area contributed by atoms with Crippen molar-refractivity contribution in [2.45, 2.75) is 249 Å². The highest BCUT2D eigenvalue weighted by Gasteiger charge is 2.61. The third-order valence-corrected chi connectivity index (χ3v) is 23.3. The standard InChI is InChI=1S/C68H104N2O8/c1-43(2)19-17-21-45(5)55-27-29-57-53-25-23-49-41-51(31-35-65(49,9)59(53)33-37-67(55,57)11)77-61(71)47(7)69-63(73)75-39-15-13-14-16-40-76-64(74)70-48(8)62(72)78-52-32-36-66(10)50(42-52)24-26-54-58-30-28-56(46(6)22-18-20-44(3)4)68(58,12)38-34-60(54)66/h23-24,43-48,51-60H,17-22,25-42H2,1-12H3,(H,69,73)(H,70,74)/t45-,46-,47-,48-,51+,52+,53+,54+,55-,56-,57+,58+,59+,60+,65+,66+,67-,68-/m1/s1. The quantitative estimate of drug-likeness (QED) is 0.0601. The van der Waals surface area contributed by atoms with Gasteiger partial charge in [0.2, 0.25) is 0 Å². The van der Waals surface area contributed by atoms with Crippen LogP contribution in [0, 0.1) is 116 Å². The van der Waals surface area contributed by atoms with E-state index >= 15 is 0 Å². The van der Waals surface area contributed by atoms with Gasteiger partial charge < -0.3 is 29.6 Å². The lowest BCUT2D eigenvalue weighted by molar-refractivity contribution is -0.154. The van der Waals surface area contributed by atoms with Crippen molar-refractivity contribution in [1.29, 1.82) is 0 Å². The van der Waals surface area contributed by atoms with Crippen molar-refractivity contribution in [3.05, 3.63) is 23.3 Å². The third-order valence-electron chi connectivity index (χ3n) is 23.3. The first kappa shape index (κ1) is 60.2. The summed E-state index contributed by atoms with van der Waals surface area (Å²) in [4.78, 5) is 51.5. The lowest BCUT2D eigenvalue weighted by Gasteiger charge is -2.58. The second kappa shape index (κ2) is 25.5. The SMILES string of the molecule is CC(C)CCC[C@@H](C)[C@H]1CC[C@H]2[C@@H]3CC=C4C[C@@H](OC(=O)[C@@H](C)NC(=O)OCC#CC#CCOC(=O)N[C@H](C)C(=O)O[C@H]5CC[C@@]6(C)C(=CC[C@H]7[C@@H]8CC[C@H]([C@H](C)CCCC(C)C)[C@@]8(C)CC[C@@H]76)C5)CC[C@]4(C)[C@H]3CC[C@]12C. The molecule has 0 aromatic carbocycles. The molecule has 8 aliphatic carbocycles. The number of hydrogen-bond acceptors (Lipinski definition) is 8. The second-order valence-corrected chi connectivity index (χ2v) is 28.7. The number of amides is 2. The fraction of sp³-hybridized carbons (Fsp3) is 0.824. The minimum atomic E-state index is -0.881. The van der Waals surface area contributed by atoms with Gasteiger partial charge in [-0.15, -0.1) is 0 Å². The average Bonchev–Trinajstić information content (AvgIpc) is 4.04. The monoisotopic (exact) mass is 1080 g/mol. The van der Waals surface area contributed by atoms with Crippen LogP contribution in [0.1, 0.15) is 224 Å². The van der Waals surface area contributed by atoms with E-state index in [2.05, 4.69) is 116 Å². The first-order valence-electron chi connectivity index (χ1n) is 31.7. The minimum absolute atomic E-state index is 0.158. The van der Waals surface area contributed by atoms with Crippen LogP contribution in [0.4, 0.5) is 9.59 Å². The molecule has 0 saturated heterocycles. The average molecular weight is 1080 g/mol. The highest BCUT2D eigenvalue weighted by Crippen LogP contribution is 2.69. The van der Waals surface area contributed by atoms with Crippen molar-refractivity contribution < 1.29 is 38.1 Å². The van der Waals surface area contributed by atoms with Crippen LogP contribution in [0.25, 0.3) is 0 Å². The van der Waals surface area contributed by atoms with Crippen LogP contribution in [-0.4, -0.2) is 61.6 Å². The summed E-state index contributed by atoms with van der Waals surface area (Å²) in [5.41, 5.74) is 4.16. The first-order valence-corrected chi connectivity index (χ1v) is 31.7. The van der Waals surface area contributed by atoms with Crippen LogP contribution >= 0.6 is 0 Å². The Kier molecular flexibility index (Phi) is 19.7. The van der Waals surface area contributed by atoms with Crippen LogP contribution in [0.5, 0.6) is 0 Å². The van der Waals surface area contributed by atoms with Crippen LogP contribution in [0.15, 0.2) is 23.3 Å². The highest BCUT2D eigenvalue weighted by molar-refractivity contribution is 5.81. The van der Waals surface area contributed by atoms with Gasteiger partial charge in [-0.25, -0.2) is 19.2 Å². The molecule has 8 aliphatic rings. The van der Waals surface area contributed by atoms with Crippen molar-refractivity contribution in [2.24, 2.45) is 92.7 Å². The molecule has 8 rings (SSSR count). The number of esters is 2. The molecule has 6 fully saturated rings. The van der Waals surface area contributed by atoms with Gasteiger partial charge in [-0.3, -0.25) is 0 Å². The Balaban J connectivity index is 0.695. The topological polar surface area (TPSA) is 129 Å². The number of alkyl carbamates (subject to hydrolysis) is 2. The summed E-state index contributed by atoms with van der Waals surface area (Å²) in [5.74, 6) is 18.9. The van der Waals surface area contributed by atoms with E-state index in [0.29, 0.717) is 22.7 Å². The summed E-state index contributed by atoms with van der Waals surface area (Å²) in [7, 11) is 0.